The van der Waals surface area contributed by atoms with E-state index in [2.05, 4.69) is 10.2 Å². The van der Waals surface area contributed by atoms with Crippen LogP contribution in [0.2, 0.25) is 0 Å². The van der Waals surface area contributed by atoms with Crippen molar-refractivity contribution in [3.8, 4) is 0 Å². The van der Waals surface area contributed by atoms with Crippen LogP contribution in [0.5, 0.6) is 0 Å². The quantitative estimate of drug-likeness (QED) is 0.926. The minimum Gasteiger partial charge on any atom is -0.368 e. The Morgan fingerprint density at radius 2 is 2.00 bits per heavy atom. The Labute approximate surface area is 123 Å². The molecule has 0 amide bonds. The van der Waals surface area contributed by atoms with E-state index < -0.39 is 11.7 Å². The summed E-state index contributed by atoms with van der Waals surface area (Å²) in [7, 11) is 3.73. The maximum absolute atomic E-state index is 13.3. The van der Waals surface area contributed by atoms with Crippen molar-refractivity contribution in [1.82, 2.24) is 10.2 Å². The summed E-state index contributed by atoms with van der Waals surface area (Å²) in [5.74, 6) is 0. The monoisotopic (exact) mass is 301 g/mol. The van der Waals surface area contributed by atoms with Crippen molar-refractivity contribution < 1.29 is 13.2 Å². The average molecular weight is 301 g/mol. The number of anilines is 1. The number of alkyl halides is 3. The molecule has 1 aliphatic rings. The molecule has 0 bridgehead atoms. The predicted molar refractivity (Wildman–Crippen MR) is 78.5 cm³/mol. The van der Waals surface area contributed by atoms with E-state index in [4.69, 9.17) is 0 Å². The van der Waals surface area contributed by atoms with Crippen molar-refractivity contribution in [1.29, 1.82) is 0 Å². The largest absolute Gasteiger partial charge is 0.418 e. The molecule has 1 fully saturated rings. The number of halogens is 3. The second kappa shape index (κ2) is 6.23. The summed E-state index contributed by atoms with van der Waals surface area (Å²) in [5, 5.41) is 2.89. The number of piperazine rings is 1. The number of hydrogen-bond acceptors (Lipinski definition) is 3. The van der Waals surface area contributed by atoms with Gasteiger partial charge < -0.3 is 15.1 Å². The first-order chi connectivity index (χ1) is 9.82. The van der Waals surface area contributed by atoms with Gasteiger partial charge in [0.05, 0.1) is 5.56 Å². The lowest BCUT2D eigenvalue weighted by molar-refractivity contribution is -0.137. The highest BCUT2D eigenvalue weighted by molar-refractivity contribution is 5.57. The number of rotatable bonds is 3. The summed E-state index contributed by atoms with van der Waals surface area (Å²) in [6.07, 6.45) is -4.33. The lowest BCUT2D eigenvalue weighted by atomic mass is 10.0. The molecule has 1 aromatic carbocycles. The Kier molecular flexibility index (Phi) is 4.78. The summed E-state index contributed by atoms with van der Waals surface area (Å²) < 4.78 is 40.0. The third-order valence-corrected chi connectivity index (χ3v) is 4.05. The van der Waals surface area contributed by atoms with Gasteiger partial charge in [0.1, 0.15) is 0 Å². The van der Waals surface area contributed by atoms with Gasteiger partial charge in [-0.2, -0.15) is 13.2 Å². The number of likely N-dealkylation sites (N-methyl/N-ethyl adjacent to an activating group) is 1. The Morgan fingerprint density at radius 1 is 1.29 bits per heavy atom. The zero-order valence-electron chi connectivity index (χ0n) is 12.7. The molecule has 1 heterocycles. The van der Waals surface area contributed by atoms with Gasteiger partial charge in [0, 0.05) is 37.9 Å². The van der Waals surface area contributed by atoms with Crippen LogP contribution < -0.4 is 10.2 Å². The predicted octanol–water partition coefficient (Wildman–Crippen LogP) is 2.57. The standard InChI is InChI=1S/C15H22F3N3/c1-11-10-21(7-6-20(11)3)14-5-4-12(9-19-2)8-13(14)15(16,17)18/h4-5,8,11,19H,6-7,9-10H2,1-3H3. The SMILES string of the molecule is CNCc1ccc(N2CCN(C)C(C)C2)c(C(F)(F)F)c1. The molecular formula is C15H22F3N3. The Morgan fingerprint density at radius 3 is 2.57 bits per heavy atom. The summed E-state index contributed by atoms with van der Waals surface area (Å²) in [6.45, 7) is 4.48. The fourth-order valence-electron chi connectivity index (χ4n) is 2.67. The second-order valence-corrected chi connectivity index (χ2v) is 5.66. The Bertz CT molecular complexity index is 488. The molecule has 2 rings (SSSR count). The van der Waals surface area contributed by atoms with Crippen LogP contribution in [0.25, 0.3) is 0 Å². The first-order valence-corrected chi connectivity index (χ1v) is 7.13. The van der Waals surface area contributed by atoms with Crippen LogP contribution in [0.1, 0.15) is 18.1 Å². The Hall–Kier alpha value is -1.27. The Balaban J connectivity index is 2.34. The number of hydrogen-bond donors (Lipinski definition) is 1. The van der Waals surface area contributed by atoms with Crippen molar-refractivity contribution in [2.45, 2.75) is 25.7 Å². The minimum absolute atomic E-state index is 0.247. The van der Waals surface area contributed by atoms with Crippen molar-refractivity contribution in [3.63, 3.8) is 0 Å². The molecule has 0 spiro atoms. The highest BCUT2D eigenvalue weighted by Gasteiger charge is 2.36. The molecule has 1 saturated heterocycles. The van der Waals surface area contributed by atoms with Crippen molar-refractivity contribution in [2.24, 2.45) is 0 Å². The van der Waals surface area contributed by atoms with Gasteiger partial charge >= 0.3 is 6.18 Å². The molecule has 0 radical (unpaired) electrons. The molecule has 0 aliphatic carbocycles. The fraction of sp³-hybridized carbons (Fsp3) is 0.600. The third kappa shape index (κ3) is 3.68. The number of benzene rings is 1. The van der Waals surface area contributed by atoms with Gasteiger partial charge in [-0.05, 0) is 38.7 Å². The number of nitrogens with zero attached hydrogens (tertiary/aromatic N) is 2. The van der Waals surface area contributed by atoms with Gasteiger partial charge in [-0.15, -0.1) is 0 Å². The number of nitrogens with one attached hydrogen (secondary N) is 1. The van der Waals surface area contributed by atoms with Crippen molar-refractivity contribution >= 4 is 5.69 Å². The van der Waals surface area contributed by atoms with Crippen LogP contribution in [-0.4, -0.2) is 44.7 Å². The van der Waals surface area contributed by atoms with Gasteiger partial charge in [-0.25, -0.2) is 0 Å². The van der Waals surface area contributed by atoms with Gasteiger partial charge in [0.2, 0.25) is 0 Å². The fourth-order valence-corrected chi connectivity index (χ4v) is 2.67. The summed E-state index contributed by atoms with van der Waals surface area (Å²) in [5.41, 5.74) is 0.407. The second-order valence-electron chi connectivity index (χ2n) is 5.66. The molecule has 118 valence electrons. The molecule has 1 aliphatic heterocycles. The van der Waals surface area contributed by atoms with Crippen LogP contribution in [-0.2, 0) is 12.7 Å². The van der Waals surface area contributed by atoms with Gasteiger partial charge in [0.15, 0.2) is 0 Å². The lowest BCUT2D eigenvalue weighted by Gasteiger charge is -2.40. The molecule has 3 nitrogen and oxygen atoms in total. The van der Waals surface area contributed by atoms with E-state index in [0.717, 1.165) is 6.54 Å². The van der Waals surface area contributed by atoms with Gasteiger partial charge in [0.25, 0.3) is 0 Å². The normalized spacial score (nSPS) is 20.9. The molecular weight excluding hydrogens is 279 g/mol. The molecule has 1 N–H and O–H groups in total. The zero-order chi connectivity index (χ0) is 15.6. The first-order valence-electron chi connectivity index (χ1n) is 7.13. The van der Waals surface area contributed by atoms with Crippen LogP contribution in [0.4, 0.5) is 18.9 Å². The van der Waals surface area contributed by atoms with Crippen LogP contribution >= 0.6 is 0 Å². The van der Waals surface area contributed by atoms with Gasteiger partial charge in [-0.1, -0.05) is 6.07 Å². The summed E-state index contributed by atoms with van der Waals surface area (Å²) >= 11 is 0. The summed E-state index contributed by atoms with van der Waals surface area (Å²) in [4.78, 5) is 4.01. The van der Waals surface area contributed by atoms with E-state index in [0.29, 0.717) is 30.9 Å². The molecule has 0 aromatic heterocycles. The summed E-state index contributed by atoms with van der Waals surface area (Å²) in [6, 6.07) is 4.88. The van der Waals surface area contributed by atoms with Crippen LogP contribution in [0, 0.1) is 0 Å². The highest BCUT2D eigenvalue weighted by atomic mass is 19.4. The third-order valence-electron chi connectivity index (χ3n) is 4.05. The average Bonchev–Trinajstić information content (AvgIpc) is 2.41. The zero-order valence-corrected chi connectivity index (χ0v) is 12.7. The minimum atomic E-state index is -4.33. The van der Waals surface area contributed by atoms with E-state index >= 15 is 0 Å². The topological polar surface area (TPSA) is 18.5 Å². The van der Waals surface area contributed by atoms with E-state index in [1.165, 1.54) is 6.07 Å². The van der Waals surface area contributed by atoms with E-state index in [1.54, 1.807) is 19.2 Å². The van der Waals surface area contributed by atoms with Crippen molar-refractivity contribution in [2.75, 3.05) is 38.6 Å². The van der Waals surface area contributed by atoms with E-state index in [1.807, 2.05) is 18.9 Å². The molecule has 0 saturated carbocycles. The highest BCUT2D eigenvalue weighted by Crippen LogP contribution is 2.37. The van der Waals surface area contributed by atoms with Crippen molar-refractivity contribution in [3.05, 3.63) is 29.3 Å². The van der Waals surface area contributed by atoms with Crippen LogP contribution in [0.3, 0.4) is 0 Å². The lowest BCUT2D eigenvalue weighted by Crippen LogP contribution is -2.50. The smallest absolute Gasteiger partial charge is 0.368 e. The molecule has 1 aromatic rings. The maximum Gasteiger partial charge on any atom is 0.418 e. The van der Waals surface area contributed by atoms with Crippen LogP contribution in [0.15, 0.2) is 18.2 Å². The molecule has 6 heteroatoms. The van der Waals surface area contributed by atoms with Gasteiger partial charge in [-0.3, -0.25) is 0 Å². The first kappa shape index (κ1) is 16.1. The molecule has 1 atom stereocenters. The molecule has 21 heavy (non-hydrogen) atoms. The molecule has 1 unspecified atom stereocenters. The van der Waals surface area contributed by atoms with E-state index in [9.17, 15) is 13.2 Å². The maximum atomic E-state index is 13.3. The van der Waals surface area contributed by atoms with E-state index in [-0.39, 0.29) is 6.04 Å².